The molecule has 0 aromatic heterocycles. The molecule has 0 saturated carbocycles. The Labute approximate surface area is 85.3 Å². The minimum Gasteiger partial charge on any atom is -0.385 e. The quantitative estimate of drug-likeness (QED) is 0.618. The summed E-state index contributed by atoms with van der Waals surface area (Å²) in [5.74, 6) is -3.92. The second-order valence-corrected chi connectivity index (χ2v) is 2.94. The Balaban J connectivity index is 2.59. The number of rotatable bonds is 4. The van der Waals surface area contributed by atoms with Gasteiger partial charge in [-0.2, -0.15) is 5.26 Å². The molecule has 1 N–H and O–H groups in total. The molecule has 0 heterocycles. The molecule has 1 aromatic rings. The number of halogens is 3. The van der Waals surface area contributed by atoms with Gasteiger partial charge in [0.05, 0.1) is 6.07 Å². The monoisotopic (exact) mass is 214 g/mol. The van der Waals surface area contributed by atoms with Gasteiger partial charge < -0.3 is 5.32 Å². The molecule has 1 rings (SSSR count). The van der Waals surface area contributed by atoms with Gasteiger partial charge in [-0.05, 0) is 6.42 Å². The van der Waals surface area contributed by atoms with Crippen LogP contribution in [-0.2, 0) is 0 Å². The van der Waals surface area contributed by atoms with Crippen LogP contribution in [0.25, 0.3) is 0 Å². The molecule has 15 heavy (non-hydrogen) atoms. The fourth-order valence-corrected chi connectivity index (χ4v) is 1.06. The van der Waals surface area contributed by atoms with E-state index in [1.54, 1.807) is 0 Å². The Morgan fingerprint density at radius 3 is 2.33 bits per heavy atom. The van der Waals surface area contributed by atoms with Crippen LogP contribution >= 0.6 is 0 Å². The van der Waals surface area contributed by atoms with Crippen molar-refractivity contribution in [3.05, 3.63) is 29.6 Å². The molecule has 0 aliphatic rings. The molecular weight excluding hydrogens is 205 g/mol. The van der Waals surface area contributed by atoms with E-state index in [0.29, 0.717) is 19.4 Å². The van der Waals surface area contributed by atoms with Gasteiger partial charge in [-0.3, -0.25) is 0 Å². The topological polar surface area (TPSA) is 35.8 Å². The SMILES string of the molecule is N#CCCCNc1cc(F)c(F)c(F)c1. The highest BCUT2D eigenvalue weighted by atomic mass is 19.2. The van der Waals surface area contributed by atoms with Crippen LogP contribution in [0.4, 0.5) is 18.9 Å². The largest absolute Gasteiger partial charge is 0.385 e. The molecule has 0 unspecified atom stereocenters. The van der Waals surface area contributed by atoms with Crippen LogP contribution in [0.2, 0.25) is 0 Å². The average Bonchev–Trinajstić information content (AvgIpc) is 2.21. The third-order valence-corrected chi connectivity index (χ3v) is 1.78. The second kappa shape index (κ2) is 5.25. The third-order valence-electron chi connectivity index (χ3n) is 1.78. The van der Waals surface area contributed by atoms with Crippen LogP contribution < -0.4 is 5.32 Å². The molecule has 0 atom stereocenters. The van der Waals surface area contributed by atoms with E-state index in [-0.39, 0.29) is 5.69 Å². The first-order valence-corrected chi connectivity index (χ1v) is 4.40. The number of anilines is 1. The van der Waals surface area contributed by atoms with Gasteiger partial charge >= 0.3 is 0 Å². The van der Waals surface area contributed by atoms with Crippen molar-refractivity contribution in [1.29, 1.82) is 5.26 Å². The highest BCUT2D eigenvalue weighted by Crippen LogP contribution is 2.17. The van der Waals surface area contributed by atoms with Crippen LogP contribution in [0.3, 0.4) is 0 Å². The molecule has 0 radical (unpaired) electrons. The molecule has 80 valence electrons. The zero-order chi connectivity index (χ0) is 11.3. The van der Waals surface area contributed by atoms with Gasteiger partial charge in [0.25, 0.3) is 0 Å². The van der Waals surface area contributed by atoms with E-state index in [1.165, 1.54) is 0 Å². The lowest BCUT2D eigenvalue weighted by Crippen LogP contribution is -2.03. The zero-order valence-electron chi connectivity index (χ0n) is 7.86. The first-order valence-electron chi connectivity index (χ1n) is 4.40. The number of nitrogens with zero attached hydrogens (tertiary/aromatic N) is 1. The van der Waals surface area contributed by atoms with E-state index >= 15 is 0 Å². The van der Waals surface area contributed by atoms with Crippen molar-refractivity contribution in [2.75, 3.05) is 11.9 Å². The fraction of sp³-hybridized carbons (Fsp3) is 0.300. The molecule has 0 aliphatic carbocycles. The van der Waals surface area contributed by atoms with Crippen molar-refractivity contribution in [3.8, 4) is 6.07 Å². The fourth-order valence-electron chi connectivity index (χ4n) is 1.06. The van der Waals surface area contributed by atoms with Crippen LogP contribution in [0.5, 0.6) is 0 Å². The minimum atomic E-state index is -1.47. The molecular formula is C10H9F3N2. The number of hydrogen-bond acceptors (Lipinski definition) is 2. The molecule has 0 spiro atoms. The zero-order valence-corrected chi connectivity index (χ0v) is 7.86. The first kappa shape index (κ1) is 11.4. The molecule has 0 bridgehead atoms. The van der Waals surface area contributed by atoms with Gasteiger partial charge in [0.2, 0.25) is 0 Å². The van der Waals surface area contributed by atoms with Crippen molar-refractivity contribution in [2.24, 2.45) is 0 Å². The van der Waals surface area contributed by atoms with Crippen molar-refractivity contribution in [2.45, 2.75) is 12.8 Å². The predicted molar refractivity (Wildman–Crippen MR) is 49.7 cm³/mol. The minimum absolute atomic E-state index is 0.171. The summed E-state index contributed by atoms with van der Waals surface area (Å²) in [6.45, 7) is 0.415. The molecule has 0 aliphatic heterocycles. The highest BCUT2D eigenvalue weighted by molar-refractivity contribution is 5.43. The Bertz CT molecular complexity index is 362. The van der Waals surface area contributed by atoms with Gasteiger partial charge in [-0.15, -0.1) is 0 Å². The predicted octanol–water partition coefficient (Wildman–Crippen LogP) is 2.82. The Morgan fingerprint density at radius 2 is 1.80 bits per heavy atom. The normalized spacial score (nSPS) is 9.73. The van der Waals surface area contributed by atoms with Gasteiger partial charge in [0, 0.05) is 30.8 Å². The van der Waals surface area contributed by atoms with E-state index in [0.717, 1.165) is 12.1 Å². The molecule has 0 amide bonds. The maximum atomic E-state index is 12.7. The van der Waals surface area contributed by atoms with Gasteiger partial charge in [0.1, 0.15) is 0 Å². The summed E-state index contributed by atoms with van der Waals surface area (Å²) in [4.78, 5) is 0. The summed E-state index contributed by atoms with van der Waals surface area (Å²) in [5, 5.41) is 10.9. The summed E-state index contributed by atoms with van der Waals surface area (Å²) >= 11 is 0. The summed E-state index contributed by atoms with van der Waals surface area (Å²) < 4.78 is 37.9. The van der Waals surface area contributed by atoms with E-state index in [2.05, 4.69) is 5.32 Å². The smallest absolute Gasteiger partial charge is 0.194 e. The average molecular weight is 214 g/mol. The number of nitriles is 1. The van der Waals surface area contributed by atoms with Crippen molar-refractivity contribution in [1.82, 2.24) is 0 Å². The molecule has 2 nitrogen and oxygen atoms in total. The summed E-state index contributed by atoms with van der Waals surface area (Å²) in [5.41, 5.74) is 0.171. The maximum absolute atomic E-state index is 12.7. The van der Waals surface area contributed by atoms with E-state index in [4.69, 9.17) is 5.26 Å². The molecule has 1 aromatic carbocycles. The van der Waals surface area contributed by atoms with E-state index in [9.17, 15) is 13.2 Å². The standard InChI is InChI=1S/C10H9F3N2/c11-8-5-7(6-9(12)10(8)13)15-4-2-1-3-14/h5-6,15H,1-2,4H2. The van der Waals surface area contributed by atoms with E-state index in [1.807, 2.05) is 6.07 Å². The van der Waals surface area contributed by atoms with Crippen LogP contribution in [-0.4, -0.2) is 6.54 Å². The van der Waals surface area contributed by atoms with Crippen molar-refractivity contribution in [3.63, 3.8) is 0 Å². The number of benzene rings is 1. The number of hydrogen-bond donors (Lipinski definition) is 1. The Morgan fingerprint density at radius 1 is 1.20 bits per heavy atom. The van der Waals surface area contributed by atoms with Crippen LogP contribution in [0, 0.1) is 28.8 Å². The number of nitrogens with one attached hydrogen (secondary N) is 1. The summed E-state index contributed by atoms with van der Waals surface area (Å²) in [6.07, 6.45) is 0.927. The molecule has 5 heteroatoms. The summed E-state index contributed by atoms with van der Waals surface area (Å²) in [6, 6.07) is 3.70. The van der Waals surface area contributed by atoms with Gasteiger partial charge in [0.15, 0.2) is 17.5 Å². The number of unbranched alkanes of at least 4 members (excludes halogenated alkanes) is 1. The highest BCUT2D eigenvalue weighted by Gasteiger charge is 2.09. The lowest BCUT2D eigenvalue weighted by Gasteiger charge is -2.05. The Hall–Kier alpha value is -1.70. The maximum Gasteiger partial charge on any atom is 0.194 e. The second-order valence-electron chi connectivity index (χ2n) is 2.94. The van der Waals surface area contributed by atoms with Gasteiger partial charge in [-0.1, -0.05) is 0 Å². The van der Waals surface area contributed by atoms with Crippen LogP contribution in [0.1, 0.15) is 12.8 Å². The Kier molecular flexibility index (Phi) is 3.98. The molecule has 0 fully saturated rings. The first-order chi connectivity index (χ1) is 7.15. The third kappa shape index (κ3) is 3.17. The lowest BCUT2D eigenvalue weighted by molar-refractivity contribution is 0.447. The van der Waals surface area contributed by atoms with Crippen molar-refractivity contribution >= 4 is 5.69 Å². The van der Waals surface area contributed by atoms with Crippen molar-refractivity contribution < 1.29 is 13.2 Å². The summed E-state index contributed by atoms with van der Waals surface area (Å²) in [7, 11) is 0. The lowest BCUT2D eigenvalue weighted by atomic mass is 10.2. The van der Waals surface area contributed by atoms with E-state index < -0.39 is 17.5 Å². The van der Waals surface area contributed by atoms with Crippen LogP contribution in [0.15, 0.2) is 12.1 Å². The molecule has 0 saturated heterocycles. The van der Waals surface area contributed by atoms with Gasteiger partial charge in [-0.25, -0.2) is 13.2 Å².